The molecule has 0 aliphatic carbocycles. The van der Waals surface area contributed by atoms with E-state index in [-0.39, 0.29) is 0 Å². The molecule has 0 amide bonds. The number of aliphatic hydroxyl groups is 2. The number of aliphatic hydroxyl groups excluding tert-OH is 2. The zero-order chi connectivity index (χ0) is 13.0. The van der Waals surface area contributed by atoms with E-state index in [4.69, 9.17) is 0 Å². The van der Waals surface area contributed by atoms with Gasteiger partial charge >= 0.3 is 0 Å². The molecule has 3 heteroatoms. The van der Waals surface area contributed by atoms with Crippen LogP contribution in [-0.4, -0.2) is 29.9 Å². The third kappa shape index (κ3) is 2.70. The first-order chi connectivity index (χ1) is 8.74. The van der Waals surface area contributed by atoms with Gasteiger partial charge in [0.2, 0.25) is 0 Å². The van der Waals surface area contributed by atoms with Gasteiger partial charge in [0.25, 0.3) is 0 Å². The highest BCUT2D eigenvalue weighted by atomic mass is 16.3. The average Bonchev–Trinajstić information content (AvgIpc) is 2.43. The van der Waals surface area contributed by atoms with Crippen LogP contribution in [-0.2, 0) is 0 Å². The lowest BCUT2D eigenvalue weighted by Crippen LogP contribution is -2.23. The molecular formula is C15H19NO2. The number of hydrogen-bond donors (Lipinski definition) is 3. The molecule has 0 saturated carbocycles. The molecule has 0 spiro atoms. The van der Waals surface area contributed by atoms with Crippen molar-refractivity contribution in [3.63, 3.8) is 0 Å². The van der Waals surface area contributed by atoms with Crippen LogP contribution >= 0.6 is 0 Å². The molecule has 2 unspecified atom stereocenters. The van der Waals surface area contributed by atoms with Crippen molar-refractivity contribution in [3.05, 3.63) is 48.0 Å². The fraction of sp³-hybridized carbons (Fsp3) is 0.333. The minimum Gasteiger partial charge on any atom is -0.390 e. The summed E-state index contributed by atoms with van der Waals surface area (Å²) in [5.41, 5.74) is 0.789. The normalized spacial score (nSPS) is 14.6. The van der Waals surface area contributed by atoms with Crippen molar-refractivity contribution >= 4 is 10.8 Å². The first-order valence-electron chi connectivity index (χ1n) is 6.22. The van der Waals surface area contributed by atoms with Gasteiger partial charge in [-0.15, -0.1) is 0 Å². The van der Waals surface area contributed by atoms with Crippen LogP contribution < -0.4 is 5.32 Å². The lowest BCUT2D eigenvalue weighted by atomic mass is 9.96. The predicted molar refractivity (Wildman–Crippen MR) is 73.5 cm³/mol. The van der Waals surface area contributed by atoms with E-state index in [0.717, 1.165) is 16.3 Å². The maximum atomic E-state index is 10.2. The lowest BCUT2D eigenvalue weighted by molar-refractivity contribution is 0.0149. The Labute approximate surface area is 107 Å². The highest BCUT2D eigenvalue weighted by Crippen LogP contribution is 2.27. The smallest absolute Gasteiger partial charge is 0.105 e. The molecule has 0 aliphatic heterocycles. The molecule has 0 heterocycles. The van der Waals surface area contributed by atoms with Gasteiger partial charge in [0.05, 0.1) is 6.10 Å². The summed E-state index contributed by atoms with van der Waals surface area (Å²) in [6, 6.07) is 13.7. The Hall–Kier alpha value is -1.42. The van der Waals surface area contributed by atoms with Gasteiger partial charge in [0.15, 0.2) is 0 Å². The van der Waals surface area contributed by atoms with Crippen LogP contribution in [0.1, 0.15) is 18.1 Å². The molecule has 0 aromatic heterocycles. The first kappa shape index (κ1) is 13.0. The van der Waals surface area contributed by atoms with Crippen molar-refractivity contribution in [1.29, 1.82) is 0 Å². The summed E-state index contributed by atoms with van der Waals surface area (Å²) >= 11 is 0. The fourth-order valence-corrected chi connectivity index (χ4v) is 2.17. The summed E-state index contributed by atoms with van der Waals surface area (Å²) in [6.07, 6.45) is -1.06. The van der Waals surface area contributed by atoms with Crippen LogP contribution in [0.15, 0.2) is 42.5 Å². The molecule has 2 rings (SSSR count). The number of benzene rings is 2. The number of rotatable bonds is 5. The molecule has 2 aromatic rings. The number of fused-ring (bicyclic) bond motifs is 1. The lowest BCUT2D eigenvalue weighted by Gasteiger charge is -2.19. The number of nitrogens with one attached hydrogen (secondary N) is 1. The van der Waals surface area contributed by atoms with E-state index in [0.29, 0.717) is 13.0 Å². The summed E-state index contributed by atoms with van der Waals surface area (Å²) in [6.45, 7) is 0.684. The van der Waals surface area contributed by atoms with E-state index < -0.39 is 12.2 Å². The van der Waals surface area contributed by atoms with Crippen molar-refractivity contribution in [3.8, 4) is 0 Å². The Kier molecular flexibility index (Phi) is 4.31. The van der Waals surface area contributed by atoms with Gasteiger partial charge in [0, 0.05) is 0 Å². The first-order valence-corrected chi connectivity index (χ1v) is 6.22. The quantitative estimate of drug-likeness (QED) is 0.753. The molecule has 0 aliphatic rings. The standard InChI is InChI=1S/C15H19NO2/c1-16-10-9-14(17)15(18)13-8-4-6-11-5-2-3-7-12(11)13/h2-8,14-18H,9-10H2,1H3. The summed E-state index contributed by atoms with van der Waals surface area (Å²) in [7, 11) is 1.83. The van der Waals surface area contributed by atoms with Crippen LogP contribution in [0.3, 0.4) is 0 Å². The predicted octanol–water partition coefficient (Wildman–Crippen LogP) is 1.84. The van der Waals surface area contributed by atoms with Gasteiger partial charge in [0.1, 0.15) is 6.10 Å². The Morgan fingerprint density at radius 1 is 1.06 bits per heavy atom. The van der Waals surface area contributed by atoms with Crippen molar-refractivity contribution in [2.75, 3.05) is 13.6 Å². The monoisotopic (exact) mass is 245 g/mol. The molecular weight excluding hydrogens is 226 g/mol. The van der Waals surface area contributed by atoms with E-state index in [2.05, 4.69) is 5.32 Å². The zero-order valence-corrected chi connectivity index (χ0v) is 10.5. The Morgan fingerprint density at radius 3 is 2.56 bits per heavy atom. The summed E-state index contributed by atoms with van der Waals surface area (Å²) in [5.74, 6) is 0. The van der Waals surface area contributed by atoms with Crippen LogP contribution in [0.5, 0.6) is 0 Å². The molecule has 0 saturated heterocycles. The molecule has 2 atom stereocenters. The van der Waals surface area contributed by atoms with Gasteiger partial charge in [-0.05, 0) is 36.3 Å². The van der Waals surface area contributed by atoms with Crippen LogP contribution in [0.2, 0.25) is 0 Å². The third-order valence-corrected chi connectivity index (χ3v) is 3.20. The zero-order valence-electron chi connectivity index (χ0n) is 10.5. The van der Waals surface area contributed by atoms with E-state index >= 15 is 0 Å². The molecule has 0 fully saturated rings. The second-order valence-corrected chi connectivity index (χ2v) is 4.47. The van der Waals surface area contributed by atoms with Crippen LogP contribution in [0, 0.1) is 0 Å². The highest BCUT2D eigenvalue weighted by Gasteiger charge is 2.19. The van der Waals surface area contributed by atoms with E-state index in [9.17, 15) is 10.2 Å². The molecule has 96 valence electrons. The average molecular weight is 245 g/mol. The van der Waals surface area contributed by atoms with Crippen LogP contribution in [0.25, 0.3) is 10.8 Å². The summed E-state index contributed by atoms with van der Waals surface area (Å²) in [4.78, 5) is 0. The Morgan fingerprint density at radius 2 is 1.78 bits per heavy atom. The Balaban J connectivity index is 2.29. The largest absolute Gasteiger partial charge is 0.390 e. The molecule has 0 radical (unpaired) electrons. The van der Waals surface area contributed by atoms with Crippen LogP contribution in [0.4, 0.5) is 0 Å². The fourth-order valence-electron chi connectivity index (χ4n) is 2.17. The summed E-state index contributed by atoms with van der Waals surface area (Å²) in [5, 5.41) is 25.3. The minimum absolute atomic E-state index is 0.529. The van der Waals surface area contributed by atoms with Gasteiger partial charge in [-0.25, -0.2) is 0 Å². The third-order valence-electron chi connectivity index (χ3n) is 3.20. The number of hydrogen-bond acceptors (Lipinski definition) is 3. The van der Waals surface area contributed by atoms with E-state index in [1.54, 1.807) is 0 Å². The van der Waals surface area contributed by atoms with Gasteiger partial charge in [-0.1, -0.05) is 42.5 Å². The molecule has 3 N–H and O–H groups in total. The van der Waals surface area contributed by atoms with Crippen molar-refractivity contribution in [2.45, 2.75) is 18.6 Å². The Bertz CT molecular complexity index is 507. The van der Waals surface area contributed by atoms with E-state index in [1.807, 2.05) is 49.5 Å². The van der Waals surface area contributed by atoms with Crippen molar-refractivity contribution in [1.82, 2.24) is 5.32 Å². The molecule has 3 nitrogen and oxygen atoms in total. The van der Waals surface area contributed by atoms with Gasteiger partial charge in [-0.3, -0.25) is 0 Å². The molecule has 0 bridgehead atoms. The SMILES string of the molecule is CNCCC(O)C(O)c1cccc2ccccc12. The summed E-state index contributed by atoms with van der Waals surface area (Å²) < 4.78 is 0. The van der Waals surface area contributed by atoms with E-state index in [1.165, 1.54) is 0 Å². The minimum atomic E-state index is -0.843. The second kappa shape index (κ2) is 5.96. The second-order valence-electron chi connectivity index (χ2n) is 4.47. The maximum absolute atomic E-state index is 10.2. The highest BCUT2D eigenvalue weighted by molar-refractivity contribution is 5.86. The topological polar surface area (TPSA) is 52.5 Å². The van der Waals surface area contributed by atoms with Crippen molar-refractivity contribution < 1.29 is 10.2 Å². The molecule has 18 heavy (non-hydrogen) atoms. The maximum Gasteiger partial charge on any atom is 0.105 e. The van der Waals surface area contributed by atoms with Gasteiger partial charge in [-0.2, -0.15) is 0 Å². The molecule has 2 aromatic carbocycles. The van der Waals surface area contributed by atoms with Crippen molar-refractivity contribution in [2.24, 2.45) is 0 Å². The van der Waals surface area contributed by atoms with Gasteiger partial charge < -0.3 is 15.5 Å².